The van der Waals surface area contributed by atoms with Gasteiger partial charge < -0.3 is 15.4 Å². The Bertz CT molecular complexity index is 698. The second kappa shape index (κ2) is 10.6. The SMILES string of the molecule is O=C(CCCNC(=O)c1cccs1)NC[C@H](c1cccs1)N1CCOCC1. The molecule has 1 atom stereocenters. The van der Waals surface area contributed by atoms with Crippen molar-refractivity contribution in [2.45, 2.75) is 18.9 Å². The summed E-state index contributed by atoms with van der Waals surface area (Å²) in [7, 11) is 0. The highest BCUT2D eigenvalue weighted by atomic mass is 32.1. The van der Waals surface area contributed by atoms with Crippen LogP contribution in [-0.4, -0.2) is 56.1 Å². The lowest BCUT2D eigenvalue weighted by atomic mass is 10.2. The van der Waals surface area contributed by atoms with E-state index in [0.717, 1.165) is 26.3 Å². The minimum atomic E-state index is -0.0736. The summed E-state index contributed by atoms with van der Waals surface area (Å²) in [5.74, 6) is -0.0503. The molecule has 8 heteroatoms. The van der Waals surface area contributed by atoms with Crippen molar-refractivity contribution in [3.8, 4) is 0 Å². The van der Waals surface area contributed by atoms with Crippen LogP contribution in [-0.2, 0) is 9.53 Å². The molecule has 0 unspecified atom stereocenters. The highest BCUT2D eigenvalue weighted by Gasteiger charge is 2.23. The van der Waals surface area contributed by atoms with Crippen LogP contribution in [0.5, 0.6) is 0 Å². The number of amides is 2. The van der Waals surface area contributed by atoms with Crippen molar-refractivity contribution < 1.29 is 14.3 Å². The molecule has 1 aliphatic heterocycles. The third kappa shape index (κ3) is 6.14. The van der Waals surface area contributed by atoms with Crippen molar-refractivity contribution in [2.75, 3.05) is 39.4 Å². The van der Waals surface area contributed by atoms with E-state index in [1.54, 1.807) is 17.4 Å². The molecule has 2 aromatic heterocycles. The summed E-state index contributed by atoms with van der Waals surface area (Å²) in [5, 5.41) is 9.86. The molecule has 0 spiro atoms. The Morgan fingerprint density at radius 2 is 1.89 bits per heavy atom. The van der Waals surface area contributed by atoms with Crippen LogP contribution in [0.4, 0.5) is 0 Å². The Hall–Kier alpha value is -1.74. The number of nitrogens with zero attached hydrogens (tertiary/aromatic N) is 1. The average Bonchev–Trinajstić information content (AvgIpc) is 3.40. The Morgan fingerprint density at radius 1 is 1.11 bits per heavy atom. The summed E-state index contributed by atoms with van der Waals surface area (Å²) in [6.45, 7) is 4.34. The van der Waals surface area contributed by atoms with Gasteiger partial charge in [0.2, 0.25) is 5.91 Å². The van der Waals surface area contributed by atoms with Crippen LogP contribution in [0.15, 0.2) is 35.0 Å². The number of rotatable bonds is 9. The first-order valence-corrected chi connectivity index (χ1v) is 10.9. The topological polar surface area (TPSA) is 70.7 Å². The van der Waals surface area contributed by atoms with Crippen molar-refractivity contribution in [1.29, 1.82) is 0 Å². The molecule has 2 N–H and O–H groups in total. The van der Waals surface area contributed by atoms with Gasteiger partial charge in [-0.2, -0.15) is 0 Å². The van der Waals surface area contributed by atoms with Gasteiger partial charge in [-0.3, -0.25) is 14.5 Å². The van der Waals surface area contributed by atoms with E-state index in [1.807, 2.05) is 17.5 Å². The first kappa shape index (κ1) is 20.0. The number of ether oxygens (including phenoxy) is 1. The summed E-state index contributed by atoms with van der Waals surface area (Å²) in [6, 6.07) is 8.01. The minimum absolute atomic E-state index is 0.0233. The number of thiophene rings is 2. The third-order valence-corrected chi connectivity index (χ3v) is 6.30. The van der Waals surface area contributed by atoms with Crippen LogP contribution in [0.2, 0.25) is 0 Å². The fourth-order valence-corrected chi connectivity index (χ4v) is 4.53. The quantitative estimate of drug-likeness (QED) is 0.627. The zero-order valence-electron chi connectivity index (χ0n) is 15.2. The Labute approximate surface area is 167 Å². The lowest BCUT2D eigenvalue weighted by molar-refractivity contribution is -0.121. The van der Waals surface area contributed by atoms with Gasteiger partial charge in [0.05, 0.1) is 24.1 Å². The first-order chi connectivity index (χ1) is 13.2. The lowest BCUT2D eigenvalue weighted by Gasteiger charge is -2.34. The average molecular weight is 408 g/mol. The Morgan fingerprint density at radius 3 is 2.59 bits per heavy atom. The molecule has 2 amide bonds. The van der Waals surface area contributed by atoms with E-state index in [1.165, 1.54) is 16.2 Å². The van der Waals surface area contributed by atoms with E-state index in [0.29, 0.717) is 30.8 Å². The molecule has 146 valence electrons. The standard InChI is InChI=1S/C19H25N3O3S2/c23-18(6-1-7-20-19(24)17-5-3-13-27-17)21-14-15(16-4-2-12-26-16)22-8-10-25-11-9-22/h2-5,12-13,15H,1,6-11,14H2,(H,20,24)(H,21,23)/t15-/m1/s1. The highest BCUT2D eigenvalue weighted by Crippen LogP contribution is 2.25. The minimum Gasteiger partial charge on any atom is -0.379 e. The maximum Gasteiger partial charge on any atom is 0.261 e. The normalized spacial score (nSPS) is 16.0. The Kier molecular flexibility index (Phi) is 7.82. The molecule has 0 aromatic carbocycles. The van der Waals surface area contributed by atoms with Crippen LogP contribution in [0.25, 0.3) is 0 Å². The monoisotopic (exact) mass is 407 g/mol. The molecule has 27 heavy (non-hydrogen) atoms. The molecule has 1 fully saturated rings. The van der Waals surface area contributed by atoms with E-state index < -0.39 is 0 Å². The molecule has 0 saturated carbocycles. The predicted molar refractivity (Wildman–Crippen MR) is 108 cm³/mol. The summed E-state index contributed by atoms with van der Waals surface area (Å²) >= 11 is 3.13. The van der Waals surface area contributed by atoms with Crippen LogP contribution in [0.1, 0.15) is 33.4 Å². The largest absolute Gasteiger partial charge is 0.379 e. The smallest absolute Gasteiger partial charge is 0.261 e. The van der Waals surface area contributed by atoms with Gasteiger partial charge in [-0.1, -0.05) is 12.1 Å². The van der Waals surface area contributed by atoms with Gasteiger partial charge in [0.15, 0.2) is 0 Å². The zero-order valence-corrected chi connectivity index (χ0v) is 16.8. The number of nitrogens with one attached hydrogen (secondary N) is 2. The van der Waals surface area contributed by atoms with Crippen LogP contribution in [0, 0.1) is 0 Å². The Balaban J connectivity index is 1.39. The third-order valence-electron chi connectivity index (χ3n) is 4.46. The van der Waals surface area contributed by atoms with E-state index >= 15 is 0 Å². The predicted octanol–water partition coefficient (Wildman–Crippen LogP) is 2.51. The number of hydrogen-bond donors (Lipinski definition) is 2. The van der Waals surface area contributed by atoms with Crippen molar-refractivity contribution in [3.05, 3.63) is 44.8 Å². The van der Waals surface area contributed by atoms with Crippen molar-refractivity contribution in [2.24, 2.45) is 0 Å². The second-order valence-corrected chi connectivity index (χ2v) is 8.25. The number of carbonyl (C=O) groups is 2. The number of morpholine rings is 1. The maximum atomic E-state index is 12.2. The van der Waals surface area contributed by atoms with E-state index in [-0.39, 0.29) is 17.9 Å². The summed E-state index contributed by atoms with van der Waals surface area (Å²) in [6.07, 6.45) is 1.04. The van der Waals surface area contributed by atoms with Gasteiger partial charge in [0.25, 0.3) is 5.91 Å². The van der Waals surface area contributed by atoms with Crippen LogP contribution >= 0.6 is 22.7 Å². The molecule has 3 heterocycles. The second-order valence-electron chi connectivity index (χ2n) is 6.32. The summed E-state index contributed by atoms with van der Waals surface area (Å²) in [4.78, 5) is 28.4. The molecule has 6 nitrogen and oxygen atoms in total. The molecule has 1 saturated heterocycles. The van der Waals surface area contributed by atoms with E-state index in [2.05, 4.69) is 27.0 Å². The van der Waals surface area contributed by atoms with E-state index in [9.17, 15) is 9.59 Å². The van der Waals surface area contributed by atoms with E-state index in [4.69, 9.17) is 4.74 Å². The van der Waals surface area contributed by atoms with Crippen molar-refractivity contribution >= 4 is 34.5 Å². The van der Waals surface area contributed by atoms with Crippen LogP contribution < -0.4 is 10.6 Å². The lowest BCUT2D eigenvalue weighted by Crippen LogP contribution is -2.43. The van der Waals surface area contributed by atoms with Crippen LogP contribution in [0.3, 0.4) is 0 Å². The fraction of sp³-hybridized carbons (Fsp3) is 0.474. The van der Waals surface area contributed by atoms with Gasteiger partial charge in [0.1, 0.15) is 0 Å². The molecule has 1 aliphatic rings. The van der Waals surface area contributed by atoms with Gasteiger partial charge >= 0.3 is 0 Å². The molecule has 3 rings (SSSR count). The summed E-state index contributed by atoms with van der Waals surface area (Å²) in [5.41, 5.74) is 0. The van der Waals surface area contributed by atoms with Gasteiger partial charge in [-0.05, 0) is 29.3 Å². The van der Waals surface area contributed by atoms with Crippen molar-refractivity contribution in [1.82, 2.24) is 15.5 Å². The molecule has 0 aliphatic carbocycles. The molecular formula is C19H25N3O3S2. The first-order valence-electron chi connectivity index (χ1n) is 9.17. The number of hydrogen-bond acceptors (Lipinski definition) is 6. The molecule has 0 radical (unpaired) electrons. The maximum absolute atomic E-state index is 12.2. The molecule has 0 bridgehead atoms. The molecule has 2 aromatic rings. The number of carbonyl (C=O) groups excluding carboxylic acids is 2. The van der Waals surface area contributed by atoms with Gasteiger partial charge in [-0.15, -0.1) is 22.7 Å². The van der Waals surface area contributed by atoms with Gasteiger partial charge in [0, 0.05) is 37.5 Å². The zero-order chi connectivity index (χ0) is 18.9. The fourth-order valence-electron chi connectivity index (χ4n) is 3.02. The molecular weight excluding hydrogens is 382 g/mol. The highest BCUT2D eigenvalue weighted by molar-refractivity contribution is 7.12. The van der Waals surface area contributed by atoms with Crippen molar-refractivity contribution in [3.63, 3.8) is 0 Å². The summed E-state index contributed by atoms with van der Waals surface area (Å²) < 4.78 is 5.44. The van der Waals surface area contributed by atoms with Gasteiger partial charge in [-0.25, -0.2) is 0 Å².